The molecule has 4 atom stereocenters. The summed E-state index contributed by atoms with van der Waals surface area (Å²) in [5, 5.41) is 0. The summed E-state index contributed by atoms with van der Waals surface area (Å²) in [5.41, 5.74) is 6.68. The fourth-order valence-corrected chi connectivity index (χ4v) is 4.30. The van der Waals surface area contributed by atoms with E-state index >= 15 is 0 Å². The van der Waals surface area contributed by atoms with E-state index in [4.69, 9.17) is 5.73 Å². The van der Waals surface area contributed by atoms with Gasteiger partial charge in [0, 0.05) is 19.1 Å². The highest BCUT2D eigenvalue weighted by atomic mass is 15.1. The third kappa shape index (κ3) is 3.33. The molecule has 2 heteroatoms. The van der Waals surface area contributed by atoms with Crippen molar-refractivity contribution in [2.24, 2.45) is 28.9 Å². The molecule has 4 unspecified atom stereocenters. The molecule has 1 heterocycles. The Kier molecular flexibility index (Phi) is 4.94. The lowest BCUT2D eigenvalue weighted by Crippen LogP contribution is -2.49. The molecule has 19 heavy (non-hydrogen) atoms. The average Bonchev–Trinajstić information content (AvgIpc) is 2.79. The first-order valence-electron chi connectivity index (χ1n) is 8.43. The molecule has 0 radical (unpaired) electrons. The Balaban J connectivity index is 1.89. The van der Waals surface area contributed by atoms with Gasteiger partial charge in [0.05, 0.1) is 0 Å². The third-order valence-electron chi connectivity index (χ3n) is 6.26. The number of likely N-dealkylation sites (tertiary alicyclic amines) is 1. The van der Waals surface area contributed by atoms with Crippen LogP contribution in [-0.2, 0) is 0 Å². The topological polar surface area (TPSA) is 29.3 Å². The summed E-state index contributed by atoms with van der Waals surface area (Å²) < 4.78 is 0. The van der Waals surface area contributed by atoms with Gasteiger partial charge in [-0.05, 0) is 55.4 Å². The lowest BCUT2D eigenvalue weighted by atomic mass is 9.61. The van der Waals surface area contributed by atoms with Crippen LogP contribution in [0.3, 0.4) is 0 Å². The molecular formula is C17H34N2. The lowest BCUT2D eigenvalue weighted by Gasteiger charge is -2.48. The minimum Gasteiger partial charge on any atom is -0.327 e. The van der Waals surface area contributed by atoms with E-state index in [1.165, 1.54) is 51.7 Å². The van der Waals surface area contributed by atoms with Crippen molar-refractivity contribution < 1.29 is 0 Å². The maximum atomic E-state index is 6.27. The van der Waals surface area contributed by atoms with Gasteiger partial charge in [-0.3, -0.25) is 0 Å². The highest BCUT2D eigenvalue weighted by Gasteiger charge is 2.42. The molecule has 2 fully saturated rings. The Bertz CT molecular complexity index is 287. The van der Waals surface area contributed by atoms with Gasteiger partial charge in [0.25, 0.3) is 0 Å². The summed E-state index contributed by atoms with van der Waals surface area (Å²) in [6, 6.07) is 0.415. The monoisotopic (exact) mass is 266 g/mol. The van der Waals surface area contributed by atoms with Crippen LogP contribution in [0.15, 0.2) is 0 Å². The summed E-state index contributed by atoms with van der Waals surface area (Å²) in [5.74, 6) is 2.46. The molecule has 2 N–H and O–H groups in total. The molecule has 0 aromatic carbocycles. The van der Waals surface area contributed by atoms with E-state index in [2.05, 4.69) is 32.6 Å². The summed E-state index contributed by atoms with van der Waals surface area (Å²) >= 11 is 0. The zero-order chi connectivity index (χ0) is 14.0. The first-order chi connectivity index (χ1) is 8.95. The van der Waals surface area contributed by atoms with Crippen molar-refractivity contribution in [3.8, 4) is 0 Å². The van der Waals surface area contributed by atoms with Crippen LogP contribution < -0.4 is 5.73 Å². The SMILES string of the molecule is CCCC1CCN(CC2CCC(N)C(C)C2(C)C)C1. The fourth-order valence-electron chi connectivity index (χ4n) is 4.30. The van der Waals surface area contributed by atoms with E-state index in [1.807, 2.05) is 0 Å². The van der Waals surface area contributed by atoms with Crippen LogP contribution in [0.2, 0.25) is 0 Å². The second-order valence-corrected chi connectivity index (χ2v) is 7.75. The standard InChI is InChI=1S/C17H34N2/c1-5-6-14-9-10-19(11-14)12-15-7-8-16(18)13(2)17(15,3)4/h13-16H,5-12,18H2,1-4H3. The molecule has 0 amide bonds. The molecule has 2 aliphatic rings. The van der Waals surface area contributed by atoms with Gasteiger partial charge in [-0.1, -0.05) is 34.1 Å². The Morgan fingerprint density at radius 2 is 1.95 bits per heavy atom. The maximum absolute atomic E-state index is 6.27. The second kappa shape index (κ2) is 6.13. The van der Waals surface area contributed by atoms with E-state index in [1.54, 1.807) is 0 Å². The van der Waals surface area contributed by atoms with E-state index in [0.29, 0.717) is 17.4 Å². The zero-order valence-corrected chi connectivity index (χ0v) is 13.5. The lowest BCUT2D eigenvalue weighted by molar-refractivity contribution is 0.0326. The number of nitrogens with zero attached hydrogens (tertiary/aromatic N) is 1. The molecule has 1 saturated carbocycles. The van der Waals surface area contributed by atoms with Crippen molar-refractivity contribution >= 4 is 0 Å². The average molecular weight is 266 g/mol. The van der Waals surface area contributed by atoms with Crippen LogP contribution in [0.4, 0.5) is 0 Å². The van der Waals surface area contributed by atoms with Crippen LogP contribution in [0.1, 0.15) is 59.8 Å². The maximum Gasteiger partial charge on any atom is 0.00698 e. The minimum absolute atomic E-state index is 0.403. The summed E-state index contributed by atoms with van der Waals surface area (Å²) in [4.78, 5) is 2.73. The fraction of sp³-hybridized carbons (Fsp3) is 1.00. The molecule has 0 bridgehead atoms. The first-order valence-corrected chi connectivity index (χ1v) is 8.43. The Hall–Kier alpha value is -0.0800. The van der Waals surface area contributed by atoms with Gasteiger partial charge in [-0.25, -0.2) is 0 Å². The number of hydrogen-bond donors (Lipinski definition) is 1. The second-order valence-electron chi connectivity index (χ2n) is 7.75. The van der Waals surface area contributed by atoms with E-state index in [-0.39, 0.29) is 0 Å². The van der Waals surface area contributed by atoms with Crippen LogP contribution in [0.5, 0.6) is 0 Å². The number of rotatable bonds is 4. The van der Waals surface area contributed by atoms with Crippen LogP contribution in [0, 0.1) is 23.2 Å². The third-order valence-corrected chi connectivity index (χ3v) is 6.26. The molecule has 1 saturated heterocycles. The molecule has 0 spiro atoms. The molecule has 2 rings (SSSR count). The molecule has 0 aromatic rings. The van der Waals surface area contributed by atoms with Crippen molar-refractivity contribution in [1.29, 1.82) is 0 Å². The van der Waals surface area contributed by atoms with Gasteiger partial charge >= 0.3 is 0 Å². The predicted molar refractivity (Wildman–Crippen MR) is 83.1 cm³/mol. The van der Waals surface area contributed by atoms with Gasteiger partial charge in [0.15, 0.2) is 0 Å². The smallest absolute Gasteiger partial charge is 0.00698 e. The predicted octanol–water partition coefficient (Wildman–Crippen LogP) is 3.51. The number of hydrogen-bond acceptors (Lipinski definition) is 2. The molecule has 2 nitrogen and oxygen atoms in total. The normalized spacial score (nSPS) is 39.6. The highest BCUT2D eigenvalue weighted by molar-refractivity contribution is 4.95. The zero-order valence-electron chi connectivity index (χ0n) is 13.5. The van der Waals surface area contributed by atoms with Gasteiger partial charge in [0.2, 0.25) is 0 Å². The van der Waals surface area contributed by atoms with Crippen LogP contribution >= 0.6 is 0 Å². The highest BCUT2D eigenvalue weighted by Crippen LogP contribution is 2.45. The summed E-state index contributed by atoms with van der Waals surface area (Å²) in [7, 11) is 0. The van der Waals surface area contributed by atoms with Crippen LogP contribution in [0.25, 0.3) is 0 Å². The van der Waals surface area contributed by atoms with Crippen molar-refractivity contribution in [1.82, 2.24) is 4.90 Å². The van der Waals surface area contributed by atoms with E-state index in [9.17, 15) is 0 Å². The van der Waals surface area contributed by atoms with Crippen molar-refractivity contribution in [3.05, 3.63) is 0 Å². The molecule has 1 aliphatic heterocycles. The van der Waals surface area contributed by atoms with Gasteiger partial charge in [-0.15, -0.1) is 0 Å². The first kappa shape index (κ1) is 15.3. The summed E-state index contributed by atoms with van der Waals surface area (Å²) in [6.45, 7) is 13.6. The van der Waals surface area contributed by atoms with Gasteiger partial charge in [0.1, 0.15) is 0 Å². The van der Waals surface area contributed by atoms with Crippen molar-refractivity contribution in [2.75, 3.05) is 19.6 Å². The number of nitrogens with two attached hydrogens (primary N) is 1. The summed E-state index contributed by atoms with van der Waals surface area (Å²) in [6.07, 6.45) is 6.75. The van der Waals surface area contributed by atoms with Crippen LogP contribution in [-0.4, -0.2) is 30.6 Å². The molecule has 1 aliphatic carbocycles. The largest absolute Gasteiger partial charge is 0.327 e. The van der Waals surface area contributed by atoms with Gasteiger partial charge < -0.3 is 10.6 Å². The van der Waals surface area contributed by atoms with E-state index < -0.39 is 0 Å². The quantitative estimate of drug-likeness (QED) is 0.844. The Morgan fingerprint density at radius 3 is 2.63 bits per heavy atom. The van der Waals surface area contributed by atoms with Crippen molar-refractivity contribution in [2.45, 2.75) is 65.8 Å². The Morgan fingerprint density at radius 1 is 1.21 bits per heavy atom. The minimum atomic E-state index is 0.403. The molecule has 0 aromatic heterocycles. The molecular weight excluding hydrogens is 232 g/mol. The Labute approximate surface area is 120 Å². The molecule has 112 valence electrons. The van der Waals surface area contributed by atoms with E-state index in [0.717, 1.165) is 11.8 Å². The van der Waals surface area contributed by atoms with Crippen molar-refractivity contribution in [3.63, 3.8) is 0 Å². The van der Waals surface area contributed by atoms with Gasteiger partial charge in [-0.2, -0.15) is 0 Å².